The SMILES string of the molecule is [O]CCCC1CC1. The van der Waals surface area contributed by atoms with E-state index >= 15 is 0 Å². The van der Waals surface area contributed by atoms with E-state index < -0.39 is 0 Å². The van der Waals surface area contributed by atoms with Crippen molar-refractivity contribution in [2.45, 2.75) is 25.7 Å². The quantitative estimate of drug-likeness (QED) is 0.512. The molecule has 0 saturated heterocycles. The molecule has 0 amide bonds. The van der Waals surface area contributed by atoms with Crippen LogP contribution in [0.4, 0.5) is 0 Å². The fourth-order valence-corrected chi connectivity index (χ4v) is 0.779. The standard InChI is InChI=1S/C6H11O/c7-5-1-2-6-3-4-6/h6H,1-5H2. The monoisotopic (exact) mass is 99.1 g/mol. The molecule has 0 heterocycles. The van der Waals surface area contributed by atoms with Crippen LogP contribution in [0, 0.1) is 5.92 Å². The van der Waals surface area contributed by atoms with Crippen LogP contribution in [-0.4, -0.2) is 6.61 Å². The molecule has 0 spiro atoms. The van der Waals surface area contributed by atoms with E-state index in [0.29, 0.717) is 0 Å². The minimum absolute atomic E-state index is 0.135. The van der Waals surface area contributed by atoms with E-state index in [2.05, 4.69) is 0 Å². The van der Waals surface area contributed by atoms with Crippen LogP contribution in [-0.2, 0) is 5.11 Å². The van der Waals surface area contributed by atoms with Crippen molar-refractivity contribution in [3.63, 3.8) is 0 Å². The van der Waals surface area contributed by atoms with Crippen molar-refractivity contribution in [3.05, 3.63) is 0 Å². The molecule has 0 bridgehead atoms. The molecule has 1 rings (SSSR count). The number of hydrogen-bond acceptors (Lipinski definition) is 0. The molecular formula is C6H11O. The predicted octanol–water partition coefficient (Wildman–Crippen LogP) is 1.61. The highest BCUT2D eigenvalue weighted by Gasteiger charge is 2.19. The van der Waals surface area contributed by atoms with Crippen LogP contribution in [0.5, 0.6) is 0 Å². The van der Waals surface area contributed by atoms with Gasteiger partial charge in [0.1, 0.15) is 0 Å². The predicted molar refractivity (Wildman–Crippen MR) is 27.5 cm³/mol. The van der Waals surface area contributed by atoms with Crippen LogP contribution >= 0.6 is 0 Å². The maximum absolute atomic E-state index is 9.86. The first-order chi connectivity index (χ1) is 3.43. The van der Waals surface area contributed by atoms with Gasteiger partial charge >= 0.3 is 0 Å². The summed E-state index contributed by atoms with van der Waals surface area (Å²) in [5.41, 5.74) is 0. The van der Waals surface area contributed by atoms with Gasteiger partial charge in [0, 0.05) is 0 Å². The first-order valence-corrected chi connectivity index (χ1v) is 3.01. The van der Waals surface area contributed by atoms with E-state index in [9.17, 15) is 5.11 Å². The van der Waals surface area contributed by atoms with Crippen LogP contribution in [0.15, 0.2) is 0 Å². The molecule has 1 aliphatic carbocycles. The minimum Gasteiger partial charge on any atom is -0.237 e. The van der Waals surface area contributed by atoms with E-state index in [4.69, 9.17) is 0 Å². The molecule has 7 heavy (non-hydrogen) atoms. The van der Waals surface area contributed by atoms with Crippen molar-refractivity contribution < 1.29 is 5.11 Å². The third-order valence-electron chi connectivity index (χ3n) is 1.45. The smallest absolute Gasteiger partial charge is 0.0822 e. The van der Waals surface area contributed by atoms with Gasteiger partial charge in [-0.05, 0) is 18.8 Å². The Balaban J connectivity index is 1.80. The largest absolute Gasteiger partial charge is 0.237 e. The molecule has 0 aliphatic heterocycles. The molecule has 0 aromatic rings. The normalized spacial score (nSPS) is 20.1. The summed E-state index contributed by atoms with van der Waals surface area (Å²) in [6, 6.07) is 0. The van der Waals surface area contributed by atoms with Crippen molar-refractivity contribution >= 4 is 0 Å². The molecule has 1 radical (unpaired) electrons. The van der Waals surface area contributed by atoms with Crippen molar-refractivity contribution in [1.82, 2.24) is 0 Å². The van der Waals surface area contributed by atoms with Crippen molar-refractivity contribution in [2.24, 2.45) is 5.92 Å². The highest BCUT2D eigenvalue weighted by Crippen LogP contribution is 2.33. The van der Waals surface area contributed by atoms with Crippen molar-refractivity contribution in [2.75, 3.05) is 6.61 Å². The Labute approximate surface area is 44.4 Å². The lowest BCUT2D eigenvalue weighted by Crippen LogP contribution is -1.80. The van der Waals surface area contributed by atoms with E-state index in [1.54, 1.807) is 0 Å². The van der Waals surface area contributed by atoms with Gasteiger partial charge in [0.15, 0.2) is 0 Å². The number of rotatable bonds is 3. The molecule has 0 N–H and O–H groups in total. The van der Waals surface area contributed by atoms with Crippen molar-refractivity contribution in [3.8, 4) is 0 Å². The average molecular weight is 99.2 g/mol. The lowest BCUT2D eigenvalue weighted by molar-refractivity contribution is 0.185. The van der Waals surface area contributed by atoms with Gasteiger partial charge in [-0.1, -0.05) is 12.8 Å². The molecule has 0 aromatic carbocycles. The Bertz CT molecular complexity index is 48.1. The van der Waals surface area contributed by atoms with Gasteiger partial charge in [0.05, 0.1) is 6.61 Å². The Morgan fingerprint density at radius 2 is 2.14 bits per heavy atom. The molecule has 41 valence electrons. The molecule has 0 atom stereocenters. The zero-order valence-corrected chi connectivity index (χ0v) is 4.52. The second kappa shape index (κ2) is 2.31. The Kier molecular flexibility index (Phi) is 1.69. The Morgan fingerprint density at radius 1 is 1.43 bits per heavy atom. The van der Waals surface area contributed by atoms with Crippen molar-refractivity contribution in [1.29, 1.82) is 0 Å². The Hall–Kier alpha value is -0.0400. The van der Waals surface area contributed by atoms with Gasteiger partial charge in [-0.15, -0.1) is 0 Å². The molecule has 0 aromatic heterocycles. The molecule has 1 nitrogen and oxygen atoms in total. The van der Waals surface area contributed by atoms with Gasteiger partial charge in [-0.3, -0.25) is 0 Å². The van der Waals surface area contributed by atoms with Gasteiger partial charge in [-0.25, -0.2) is 5.11 Å². The summed E-state index contributed by atoms with van der Waals surface area (Å²) in [4.78, 5) is 0. The van der Waals surface area contributed by atoms with Crippen LogP contribution in [0.2, 0.25) is 0 Å². The topological polar surface area (TPSA) is 19.9 Å². The van der Waals surface area contributed by atoms with Gasteiger partial charge in [-0.2, -0.15) is 0 Å². The second-order valence-corrected chi connectivity index (χ2v) is 2.29. The minimum atomic E-state index is 0.135. The van der Waals surface area contributed by atoms with Gasteiger partial charge < -0.3 is 0 Å². The van der Waals surface area contributed by atoms with Gasteiger partial charge in [0.25, 0.3) is 0 Å². The maximum atomic E-state index is 9.86. The summed E-state index contributed by atoms with van der Waals surface area (Å²) in [6.45, 7) is 0.135. The van der Waals surface area contributed by atoms with Crippen LogP contribution in [0.3, 0.4) is 0 Å². The molecule has 1 heteroatoms. The molecule has 0 unspecified atom stereocenters. The second-order valence-electron chi connectivity index (χ2n) is 2.29. The third-order valence-corrected chi connectivity index (χ3v) is 1.45. The third kappa shape index (κ3) is 1.93. The molecular weight excluding hydrogens is 88.1 g/mol. The van der Waals surface area contributed by atoms with Crippen LogP contribution in [0.1, 0.15) is 25.7 Å². The summed E-state index contributed by atoms with van der Waals surface area (Å²) in [6.07, 6.45) is 4.88. The zero-order chi connectivity index (χ0) is 5.11. The highest BCUT2D eigenvalue weighted by molar-refractivity contribution is 4.72. The molecule has 1 saturated carbocycles. The fraction of sp³-hybridized carbons (Fsp3) is 1.00. The summed E-state index contributed by atoms with van der Waals surface area (Å²) in [5, 5.41) is 9.86. The van der Waals surface area contributed by atoms with E-state index in [0.717, 1.165) is 12.3 Å². The summed E-state index contributed by atoms with van der Waals surface area (Å²) >= 11 is 0. The summed E-state index contributed by atoms with van der Waals surface area (Å²) in [5.74, 6) is 0.953. The lowest BCUT2D eigenvalue weighted by Gasteiger charge is -1.86. The maximum Gasteiger partial charge on any atom is 0.0822 e. The fourth-order valence-electron chi connectivity index (χ4n) is 0.779. The molecule has 1 aliphatic rings. The number of hydrogen-bond donors (Lipinski definition) is 0. The van der Waals surface area contributed by atoms with E-state index in [-0.39, 0.29) is 6.61 Å². The van der Waals surface area contributed by atoms with Crippen LogP contribution in [0.25, 0.3) is 0 Å². The zero-order valence-electron chi connectivity index (χ0n) is 4.52. The lowest BCUT2D eigenvalue weighted by atomic mass is 10.2. The first kappa shape index (κ1) is 5.10. The van der Waals surface area contributed by atoms with E-state index in [1.165, 1.54) is 19.3 Å². The Morgan fingerprint density at radius 3 is 2.57 bits per heavy atom. The van der Waals surface area contributed by atoms with Crippen LogP contribution < -0.4 is 0 Å². The first-order valence-electron chi connectivity index (χ1n) is 3.01. The summed E-state index contributed by atoms with van der Waals surface area (Å²) < 4.78 is 0. The van der Waals surface area contributed by atoms with Gasteiger partial charge in [0.2, 0.25) is 0 Å². The average Bonchev–Trinajstić information content (AvgIpc) is 2.42. The highest BCUT2D eigenvalue weighted by atomic mass is 16.2. The molecule has 1 fully saturated rings. The summed E-state index contributed by atoms with van der Waals surface area (Å²) in [7, 11) is 0. The van der Waals surface area contributed by atoms with E-state index in [1.807, 2.05) is 0 Å².